The molecule has 1 unspecified atom stereocenters. The van der Waals surface area contributed by atoms with Gasteiger partial charge in [-0.3, -0.25) is 0 Å². The molecule has 0 radical (unpaired) electrons. The Kier molecular flexibility index (Phi) is 4.10. The number of hydrogen-bond donors (Lipinski definition) is 1. The van der Waals surface area contributed by atoms with Crippen LogP contribution >= 0.6 is 11.6 Å². The summed E-state index contributed by atoms with van der Waals surface area (Å²) in [5.74, 6) is -2.43. The molecule has 0 aromatic heterocycles. The summed E-state index contributed by atoms with van der Waals surface area (Å²) >= 11 is 6.02. The minimum Gasteiger partial charge on any atom is -0.385 e. The highest BCUT2D eigenvalue weighted by atomic mass is 35.5. The van der Waals surface area contributed by atoms with Crippen molar-refractivity contribution in [2.24, 2.45) is 5.92 Å². The Balaban J connectivity index is 1.89. The molecule has 2 rings (SSSR count). The van der Waals surface area contributed by atoms with E-state index in [4.69, 9.17) is 11.6 Å². The highest BCUT2D eigenvalue weighted by Gasteiger charge is 2.35. The highest BCUT2D eigenvalue weighted by molar-refractivity contribution is 6.31. The summed E-state index contributed by atoms with van der Waals surface area (Å²) in [5.41, 5.74) is 1.92. The van der Waals surface area contributed by atoms with Crippen molar-refractivity contribution in [2.75, 3.05) is 11.9 Å². The fourth-order valence-corrected chi connectivity index (χ4v) is 2.60. The molecule has 1 atom stereocenters. The molecule has 1 aliphatic carbocycles. The van der Waals surface area contributed by atoms with Crippen LogP contribution in [0.1, 0.15) is 31.2 Å². The van der Waals surface area contributed by atoms with Gasteiger partial charge in [-0.05, 0) is 43.4 Å². The fraction of sp³-hybridized carbons (Fsp3) is 0.571. The third-order valence-corrected chi connectivity index (χ3v) is 3.92. The zero-order valence-electron chi connectivity index (χ0n) is 10.5. The molecule has 0 spiro atoms. The van der Waals surface area contributed by atoms with Crippen molar-refractivity contribution in [1.82, 2.24) is 0 Å². The SMILES string of the molecule is Cc1ccc(NCC2CCCC(F)(F)C2)cc1Cl. The molecule has 1 saturated carbocycles. The zero-order chi connectivity index (χ0) is 13.2. The van der Waals surface area contributed by atoms with Gasteiger partial charge in [0, 0.05) is 30.1 Å². The number of hydrogen-bond acceptors (Lipinski definition) is 1. The average molecular weight is 274 g/mol. The molecule has 100 valence electrons. The topological polar surface area (TPSA) is 12.0 Å². The van der Waals surface area contributed by atoms with E-state index in [0.29, 0.717) is 18.0 Å². The van der Waals surface area contributed by atoms with Crippen LogP contribution in [0.25, 0.3) is 0 Å². The first-order valence-electron chi connectivity index (χ1n) is 6.34. The molecule has 0 amide bonds. The maximum Gasteiger partial charge on any atom is 0.248 e. The first-order chi connectivity index (χ1) is 8.46. The molecule has 0 heterocycles. The summed E-state index contributed by atoms with van der Waals surface area (Å²) < 4.78 is 26.5. The molecule has 0 aliphatic heterocycles. The monoisotopic (exact) mass is 273 g/mol. The molecule has 1 N–H and O–H groups in total. The van der Waals surface area contributed by atoms with E-state index in [9.17, 15) is 8.78 Å². The number of benzene rings is 1. The highest BCUT2D eigenvalue weighted by Crippen LogP contribution is 2.36. The van der Waals surface area contributed by atoms with Crippen molar-refractivity contribution >= 4 is 17.3 Å². The second-order valence-corrected chi connectivity index (χ2v) is 5.57. The van der Waals surface area contributed by atoms with Crippen LogP contribution in [0.15, 0.2) is 18.2 Å². The van der Waals surface area contributed by atoms with Gasteiger partial charge >= 0.3 is 0 Å². The van der Waals surface area contributed by atoms with Crippen LogP contribution in [0.4, 0.5) is 14.5 Å². The van der Waals surface area contributed by atoms with Crippen LogP contribution in [0.3, 0.4) is 0 Å². The van der Waals surface area contributed by atoms with Crippen LogP contribution in [0.2, 0.25) is 5.02 Å². The first kappa shape index (κ1) is 13.6. The van der Waals surface area contributed by atoms with Crippen LogP contribution in [0.5, 0.6) is 0 Å². The Labute approximate surface area is 112 Å². The van der Waals surface area contributed by atoms with E-state index in [1.165, 1.54) is 0 Å². The Bertz CT molecular complexity index is 420. The Morgan fingerprint density at radius 2 is 2.22 bits per heavy atom. The van der Waals surface area contributed by atoms with Gasteiger partial charge in [0.1, 0.15) is 0 Å². The van der Waals surface area contributed by atoms with Crippen molar-refractivity contribution < 1.29 is 8.78 Å². The molecule has 1 aromatic rings. The zero-order valence-corrected chi connectivity index (χ0v) is 11.2. The van der Waals surface area contributed by atoms with E-state index >= 15 is 0 Å². The standard InChI is InChI=1S/C14H18ClF2N/c1-10-4-5-12(7-13(10)15)18-9-11-3-2-6-14(16,17)8-11/h4-5,7,11,18H,2-3,6,8-9H2,1H3. The predicted molar refractivity (Wildman–Crippen MR) is 71.6 cm³/mol. The van der Waals surface area contributed by atoms with E-state index in [2.05, 4.69) is 5.32 Å². The average Bonchev–Trinajstić information content (AvgIpc) is 2.29. The summed E-state index contributed by atoms with van der Waals surface area (Å²) in [6.07, 6.45) is 1.54. The van der Waals surface area contributed by atoms with Crippen LogP contribution in [0, 0.1) is 12.8 Å². The molecular formula is C14H18ClF2N. The molecule has 1 fully saturated rings. The molecule has 18 heavy (non-hydrogen) atoms. The van der Waals surface area contributed by atoms with Gasteiger partial charge in [-0.25, -0.2) is 8.78 Å². The van der Waals surface area contributed by atoms with Crippen molar-refractivity contribution in [3.63, 3.8) is 0 Å². The Morgan fingerprint density at radius 3 is 2.89 bits per heavy atom. The maximum absolute atomic E-state index is 13.2. The van der Waals surface area contributed by atoms with Crippen molar-refractivity contribution in [3.05, 3.63) is 28.8 Å². The van der Waals surface area contributed by atoms with Gasteiger partial charge in [0.25, 0.3) is 0 Å². The van der Waals surface area contributed by atoms with Gasteiger partial charge in [0.2, 0.25) is 5.92 Å². The van der Waals surface area contributed by atoms with Crippen LogP contribution in [-0.2, 0) is 0 Å². The number of anilines is 1. The molecule has 4 heteroatoms. The van der Waals surface area contributed by atoms with E-state index in [-0.39, 0.29) is 18.8 Å². The largest absolute Gasteiger partial charge is 0.385 e. The molecule has 0 saturated heterocycles. The van der Waals surface area contributed by atoms with Gasteiger partial charge in [-0.2, -0.15) is 0 Å². The van der Waals surface area contributed by atoms with E-state index in [1.807, 2.05) is 25.1 Å². The summed E-state index contributed by atoms with van der Waals surface area (Å²) in [4.78, 5) is 0. The number of alkyl halides is 2. The van der Waals surface area contributed by atoms with Crippen LogP contribution in [-0.4, -0.2) is 12.5 Å². The first-order valence-corrected chi connectivity index (χ1v) is 6.72. The molecular weight excluding hydrogens is 256 g/mol. The Hall–Kier alpha value is -0.830. The van der Waals surface area contributed by atoms with Gasteiger partial charge < -0.3 is 5.32 Å². The molecule has 1 aromatic carbocycles. The van der Waals surface area contributed by atoms with Gasteiger partial charge in [0.05, 0.1) is 0 Å². The number of rotatable bonds is 3. The quantitative estimate of drug-likeness (QED) is 0.827. The third-order valence-electron chi connectivity index (χ3n) is 3.51. The van der Waals surface area contributed by atoms with Gasteiger partial charge in [-0.1, -0.05) is 17.7 Å². The molecule has 0 bridgehead atoms. The summed E-state index contributed by atoms with van der Waals surface area (Å²) in [5, 5.41) is 3.91. The number of aryl methyl sites for hydroxylation is 1. The minimum atomic E-state index is -2.48. The van der Waals surface area contributed by atoms with E-state index < -0.39 is 5.92 Å². The normalized spacial score (nSPS) is 22.8. The summed E-state index contributed by atoms with van der Waals surface area (Å²) in [6, 6.07) is 5.71. The van der Waals surface area contributed by atoms with Crippen LogP contribution < -0.4 is 5.32 Å². The Morgan fingerprint density at radius 1 is 1.44 bits per heavy atom. The second kappa shape index (κ2) is 5.43. The number of nitrogens with one attached hydrogen (secondary N) is 1. The van der Waals surface area contributed by atoms with Crippen molar-refractivity contribution in [2.45, 2.75) is 38.5 Å². The lowest BCUT2D eigenvalue weighted by atomic mass is 9.86. The predicted octanol–water partition coefficient (Wildman–Crippen LogP) is 4.89. The lowest BCUT2D eigenvalue weighted by Crippen LogP contribution is -2.29. The lowest BCUT2D eigenvalue weighted by molar-refractivity contribution is -0.0502. The van der Waals surface area contributed by atoms with E-state index in [0.717, 1.165) is 17.7 Å². The van der Waals surface area contributed by atoms with Gasteiger partial charge in [-0.15, -0.1) is 0 Å². The van der Waals surface area contributed by atoms with Crippen molar-refractivity contribution in [3.8, 4) is 0 Å². The fourth-order valence-electron chi connectivity index (χ4n) is 2.42. The smallest absolute Gasteiger partial charge is 0.248 e. The lowest BCUT2D eigenvalue weighted by Gasteiger charge is -2.29. The number of halogens is 3. The second-order valence-electron chi connectivity index (χ2n) is 5.16. The van der Waals surface area contributed by atoms with Crippen molar-refractivity contribution in [1.29, 1.82) is 0 Å². The summed E-state index contributed by atoms with van der Waals surface area (Å²) in [6.45, 7) is 2.53. The summed E-state index contributed by atoms with van der Waals surface area (Å²) in [7, 11) is 0. The molecule has 1 nitrogen and oxygen atoms in total. The van der Waals surface area contributed by atoms with E-state index in [1.54, 1.807) is 0 Å². The minimum absolute atomic E-state index is 0.000403. The van der Waals surface area contributed by atoms with Gasteiger partial charge in [0.15, 0.2) is 0 Å². The third kappa shape index (κ3) is 3.58. The maximum atomic E-state index is 13.2. The molecule has 1 aliphatic rings.